The largest absolute Gasteiger partial charge is 0.481 e. The number of carboxylic acid groups (broad SMARTS) is 1. The SMILES string of the molecule is O=C(O)C1CCCCC1C(=O)Nc1ncccc1Br. The molecule has 0 saturated heterocycles. The maximum absolute atomic E-state index is 12.2. The minimum Gasteiger partial charge on any atom is -0.481 e. The first kappa shape index (κ1) is 14.0. The Morgan fingerprint density at radius 1 is 1.32 bits per heavy atom. The molecule has 0 spiro atoms. The molecule has 5 nitrogen and oxygen atoms in total. The molecule has 1 aromatic rings. The van der Waals surface area contributed by atoms with Crippen LogP contribution in [0.15, 0.2) is 22.8 Å². The third-order valence-corrected chi connectivity index (χ3v) is 4.06. The van der Waals surface area contributed by atoms with Crippen molar-refractivity contribution < 1.29 is 14.7 Å². The minimum atomic E-state index is -0.889. The molecule has 1 aliphatic rings. The predicted molar refractivity (Wildman–Crippen MR) is 73.7 cm³/mol. The lowest BCUT2D eigenvalue weighted by Gasteiger charge is -2.27. The number of carbonyl (C=O) groups excluding carboxylic acids is 1. The maximum Gasteiger partial charge on any atom is 0.307 e. The normalized spacial score (nSPS) is 22.8. The topological polar surface area (TPSA) is 79.3 Å². The first-order chi connectivity index (χ1) is 9.09. The summed E-state index contributed by atoms with van der Waals surface area (Å²) in [5, 5.41) is 11.9. The van der Waals surface area contributed by atoms with E-state index in [-0.39, 0.29) is 5.91 Å². The number of carboxylic acids is 1. The quantitative estimate of drug-likeness (QED) is 0.894. The van der Waals surface area contributed by atoms with E-state index < -0.39 is 17.8 Å². The van der Waals surface area contributed by atoms with Crippen LogP contribution < -0.4 is 5.32 Å². The zero-order valence-corrected chi connectivity index (χ0v) is 11.9. The average Bonchev–Trinajstić information content (AvgIpc) is 2.41. The number of halogens is 1. The number of hydrogen-bond acceptors (Lipinski definition) is 3. The summed E-state index contributed by atoms with van der Waals surface area (Å²) in [4.78, 5) is 27.4. The molecule has 1 saturated carbocycles. The van der Waals surface area contributed by atoms with Crippen LogP contribution in [-0.4, -0.2) is 22.0 Å². The highest BCUT2D eigenvalue weighted by Crippen LogP contribution is 2.31. The Hall–Kier alpha value is -1.43. The van der Waals surface area contributed by atoms with Crippen molar-refractivity contribution in [1.29, 1.82) is 0 Å². The highest BCUT2D eigenvalue weighted by molar-refractivity contribution is 9.10. The molecule has 1 aliphatic carbocycles. The van der Waals surface area contributed by atoms with E-state index in [2.05, 4.69) is 26.2 Å². The summed E-state index contributed by atoms with van der Waals surface area (Å²) in [5.74, 6) is -1.77. The van der Waals surface area contributed by atoms with Crippen LogP contribution >= 0.6 is 15.9 Å². The number of amides is 1. The second kappa shape index (κ2) is 6.14. The molecule has 1 aromatic heterocycles. The summed E-state index contributed by atoms with van der Waals surface area (Å²) >= 11 is 3.30. The fourth-order valence-corrected chi connectivity index (χ4v) is 2.78. The lowest BCUT2D eigenvalue weighted by Crippen LogP contribution is -2.36. The van der Waals surface area contributed by atoms with Crippen molar-refractivity contribution in [3.8, 4) is 0 Å². The van der Waals surface area contributed by atoms with Gasteiger partial charge in [0.25, 0.3) is 0 Å². The highest BCUT2D eigenvalue weighted by atomic mass is 79.9. The number of rotatable bonds is 3. The van der Waals surface area contributed by atoms with Gasteiger partial charge in [-0.05, 0) is 40.9 Å². The molecule has 2 unspecified atom stereocenters. The van der Waals surface area contributed by atoms with E-state index in [0.717, 1.165) is 12.8 Å². The van der Waals surface area contributed by atoms with Crippen LogP contribution in [0.1, 0.15) is 25.7 Å². The standard InChI is InChI=1S/C13H15BrN2O3/c14-10-6-3-7-15-11(10)16-12(17)8-4-1-2-5-9(8)13(18)19/h3,6-9H,1-2,4-5H2,(H,18,19)(H,15,16,17). The summed E-state index contributed by atoms with van der Waals surface area (Å²) < 4.78 is 0.686. The number of nitrogens with one attached hydrogen (secondary N) is 1. The summed E-state index contributed by atoms with van der Waals surface area (Å²) in [7, 11) is 0. The van der Waals surface area contributed by atoms with Gasteiger partial charge in [0.1, 0.15) is 5.82 Å². The molecule has 6 heteroatoms. The Morgan fingerprint density at radius 3 is 2.63 bits per heavy atom. The van der Waals surface area contributed by atoms with Gasteiger partial charge >= 0.3 is 5.97 Å². The summed E-state index contributed by atoms with van der Waals surface area (Å²) in [6.07, 6.45) is 4.53. The molecular formula is C13H15BrN2O3. The lowest BCUT2D eigenvalue weighted by molar-refractivity contribution is -0.147. The van der Waals surface area contributed by atoms with Crippen LogP contribution in [-0.2, 0) is 9.59 Å². The zero-order chi connectivity index (χ0) is 13.8. The summed E-state index contributed by atoms with van der Waals surface area (Å²) in [6.45, 7) is 0. The van der Waals surface area contributed by atoms with Crippen LogP contribution in [0.2, 0.25) is 0 Å². The van der Waals surface area contributed by atoms with Gasteiger partial charge in [0.2, 0.25) is 5.91 Å². The molecule has 2 rings (SSSR count). The Balaban J connectivity index is 2.10. The number of pyridine rings is 1. The Morgan fingerprint density at radius 2 is 2.00 bits per heavy atom. The van der Waals surface area contributed by atoms with Crippen LogP contribution in [0.25, 0.3) is 0 Å². The highest BCUT2D eigenvalue weighted by Gasteiger charge is 2.35. The Bertz CT molecular complexity index is 493. The van der Waals surface area contributed by atoms with Crippen molar-refractivity contribution in [1.82, 2.24) is 4.98 Å². The van der Waals surface area contributed by atoms with Crippen molar-refractivity contribution in [2.45, 2.75) is 25.7 Å². The number of aliphatic carboxylic acids is 1. The number of nitrogens with zero attached hydrogens (tertiary/aromatic N) is 1. The van der Waals surface area contributed by atoms with Crippen molar-refractivity contribution in [3.05, 3.63) is 22.8 Å². The molecule has 19 heavy (non-hydrogen) atoms. The van der Waals surface area contributed by atoms with E-state index in [0.29, 0.717) is 23.1 Å². The van der Waals surface area contributed by atoms with Crippen LogP contribution in [0.3, 0.4) is 0 Å². The molecule has 0 aliphatic heterocycles. The van der Waals surface area contributed by atoms with Gasteiger partial charge < -0.3 is 10.4 Å². The van der Waals surface area contributed by atoms with E-state index in [1.807, 2.05) is 0 Å². The Kier molecular flexibility index (Phi) is 4.52. The van der Waals surface area contributed by atoms with Crippen molar-refractivity contribution in [3.63, 3.8) is 0 Å². The smallest absolute Gasteiger partial charge is 0.307 e. The fraction of sp³-hybridized carbons (Fsp3) is 0.462. The van der Waals surface area contributed by atoms with Gasteiger partial charge in [0.05, 0.1) is 16.3 Å². The summed E-state index contributed by atoms with van der Waals surface area (Å²) in [5.41, 5.74) is 0. The molecule has 1 amide bonds. The van der Waals surface area contributed by atoms with Crippen LogP contribution in [0.4, 0.5) is 5.82 Å². The molecule has 0 bridgehead atoms. The van der Waals surface area contributed by atoms with E-state index in [1.165, 1.54) is 0 Å². The molecule has 1 fully saturated rings. The number of hydrogen-bond donors (Lipinski definition) is 2. The first-order valence-corrected chi connectivity index (χ1v) is 7.03. The first-order valence-electron chi connectivity index (χ1n) is 6.24. The number of aromatic nitrogens is 1. The second-order valence-corrected chi connectivity index (χ2v) is 5.51. The Labute approximate surface area is 119 Å². The lowest BCUT2D eigenvalue weighted by atomic mass is 9.79. The van der Waals surface area contributed by atoms with Crippen LogP contribution in [0.5, 0.6) is 0 Å². The predicted octanol–water partition coefficient (Wildman–Crippen LogP) is 2.67. The second-order valence-electron chi connectivity index (χ2n) is 4.66. The minimum absolute atomic E-state index is 0.258. The van der Waals surface area contributed by atoms with E-state index in [4.69, 9.17) is 0 Å². The van der Waals surface area contributed by atoms with Crippen molar-refractivity contribution >= 4 is 33.6 Å². The zero-order valence-electron chi connectivity index (χ0n) is 10.3. The molecule has 0 aromatic carbocycles. The van der Waals surface area contributed by atoms with Crippen molar-refractivity contribution in [2.24, 2.45) is 11.8 Å². The van der Waals surface area contributed by atoms with Crippen LogP contribution in [0, 0.1) is 11.8 Å². The molecule has 1 heterocycles. The van der Waals surface area contributed by atoms with Gasteiger partial charge in [-0.1, -0.05) is 12.8 Å². The third-order valence-electron chi connectivity index (χ3n) is 3.42. The van der Waals surface area contributed by atoms with E-state index in [9.17, 15) is 14.7 Å². The molecule has 2 N–H and O–H groups in total. The van der Waals surface area contributed by atoms with Gasteiger partial charge in [0.15, 0.2) is 0 Å². The van der Waals surface area contributed by atoms with E-state index >= 15 is 0 Å². The monoisotopic (exact) mass is 326 g/mol. The molecule has 102 valence electrons. The molecular weight excluding hydrogens is 312 g/mol. The van der Waals surface area contributed by atoms with Gasteiger partial charge in [-0.2, -0.15) is 0 Å². The number of carbonyl (C=O) groups is 2. The summed E-state index contributed by atoms with van der Waals surface area (Å²) in [6, 6.07) is 3.53. The van der Waals surface area contributed by atoms with Gasteiger partial charge in [0, 0.05) is 6.20 Å². The molecule has 0 radical (unpaired) electrons. The number of anilines is 1. The third kappa shape index (κ3) is 3.32. The maximum atomic E-state index is 12.2. The average molecular weight is 327 g/mol. The van der Waals surface area contributed by atoms with Gasteiger partial charge in [-0.15, -0.1) is 0 Å². The van der Waals surface area contributed by atoms with Gasteiger partial charge in [-0.25, -0.2) is 4.98 Å². The fourth-order valence-electron chi connectivity index (χ4n) is 2.43. The van der Waals surface area contributed by atoms with Crippen molar-refractivity contribution in [2.75, 3.05) is 5.32 Å². The van der Waals surface area contributed by atoms with E-state index in [1.54, 1.807) is 18.3 Å². The van der Waals surface area contributed by atoms with Gasteiger partial charge in [-0.3, -0.25) is 9.59 Å². The molecule has 2 atom stereocenters.